The number of aliphatic hydroxyl groups is 1. The highest BCUT2D eigenvalue weighted by Crippen LogP contribution is 2.09. The summed E-state index contributed by atoms with van der Waals surface area (Å²) in [6, 6.07) is 7.44. The number of aliphatic hydroxyl groups excluding tert-OH is 1. The van der Waals surface area contributed by atoms with Gasteiger partial charge in [-0.3, -0.25) is 0 Å². The third kappa shape index (κ3) is 5.36. The van der Waals surface area contributed by atoms with Crippen LogP contribution in [0.3, 0.4) is 0 Å². The molecule has 0 saturated heterocycles. The second kappa shape index (κ2) is 6.91. The monoisotopic (exact) mass is 236 g/mol. The van der Waals surface area contributed by atoms with Gasteiger partial charge in [-0.2, -0.15) is 0 Å². The van der Waals surface area contributed by atoms with Gasteiger partial charge < -0.3 is 15.7 Å². The Morgan fingerprint density at radius 2 is 2.24 bits per heavy atom. The number of rotatable bonds is 5. The molecule has 0 aliphatic rings. The maximum Gasteiger partial charge on any atom is 0.319 e. The van der Waals surface area contributed by atoms with Gasteiger partial charge in [-0.25, -0.2) is 4.79 Å². The van der Waals surface area contributed by atoms with Gasteiger partial charge in [0.2, 0.25) is 0 Å². The molecule has 4 nitrogen and oxygen atoms in total. The molecule has 0 aliphatic heterocycles. The minimum absolute atomic E-state index is 0.155. The molecule has 1 aromatic rings. The van der Waals surface area contributed by atoms with Crippen LogP contribution in [0.15, 0.2) is 24.3 Å². The summed E-state index contributed by atoms with van der Waals surface area (Å²) in [7, 11) is 0. The first-order valence-corrected chi connectivity index (χ1v) is 5.84. The zero-order valence-corrected chi connectivity index (χ0v) is 10.4. The minimum Gasteiger partial charge on any atom is -0.396 e. The van der Waals surface area contributed by atoms with E-state index in [0.717, 1.165) is 11.3 Å². The molecule has 3 N–H and O–H groups in total. The van der Waals surface area contributed by atoms with Crippen LogP contribution in [0.2, 0.25) is 0 Å². The Balaban J connectivity index is 2.34. The number of carbonyl (C=O) groups excluding carboxylic acids is 1. The Morgan fingerprint density at radius 3 is 2.88 bits per heavy atom. The number of carbonyl (C=O) groups is 1. The standard InChI is InChI=1S/C13H20N2O2/c1-10-4-3-5-12(8-10)15-13(17)14-9-11(2)6-7-16/h3-5,8,11,16H,6-7,9H2,1-2H3,(H2,14,15,17). The van der Waals surface area contributed by atoms with Crippen LogP contribution in [0.4, 0.5) is 10.5 Å². The Bertz CT molecular complexity index is 366. The Kier molecular flexibility index (Phi) is 5.49. The summed E-state index contributed by atoms with van der Waals surface area (Å²) in [6.07, 6.45) is 0.699. The molecule has 0 aromatic heterocycles. The Morgan fingerprint density at radius 1 is 1.47 bits per heavy atom. The molecule has 1 rings (SSSR count). The van der Waals surface area contributed by atoms with Crippen molar-refractivity contribution in [1.82, 2.24) is 5.32 Å². The fraction of sp³-hybridized carbons (Fsp3) is 0.462. The highest BCUT2D eigenvalue weighted by atomic mass is 16.3. The maximum atomic E-state index is 11.5. The van der Waals surface area contributed by atoms with Crippen LogP contribution in [-0.4, -0.2) is 24.3 Å². The van der Waals surface area contributed by atoms with Gasteiger partial charge in [0.15, 0.2) is 0 Å². The number of nitrogens with one attached hydrogen (secondary N) is 2. The number of aryl methyl sites for hydroxylation is 1. The predicted molar refractivity (Wildman–Crippen MR) is 69.1 cm³/mol. The van der Waals surface area contributed by atoms with Crippen molar-refractivity contribution in [1.29, 1.82) is 0 Å². The van der Waals surface area contributed by atoms with Crippen molar-refractivity contribution in [2.24, 2.45) is 5.92 Å². The largest absolute Gasteiger partial charge is 0.396 e. The first-order valence-electron chi connectivity index (χ1n) is 5.84. The molecule has 0 heterocycles. The van der Waals surface area contributed by atoms with Gasteiger partial charge in [0, 0.05) is 18.8 Å². The van der Waals surface area contributed by atoms with Crippen LogP contribution in [0.1, 0.15) is 18.9 Å². The molecule has 0 saturated carbocycles. The molecule has 17 heavy (non-hydrogen) atoms. The predicted octanol–water partition coefficient (Wildman–Crippen LogP) is 2.14. The lowest BCUT2D eigenvalue weighted by molar-refractivity contribution is 0.243. The number of benzene rings is 1. The van der Waals surface area contributed by atoms with Gasteiger partial charge in [0.25, 0.3) is 0 Å². The number of urea groups is 1. The van der Waals surface area contributed by atoms with Gasteiger partial charge >= 0.3 is 6.03 Å². The summed E-state index contributed by atoms with van der Waals surface area (Å²) >= 11 is 0. The van der Waals surface area contributed by atoms with Gasteiger partial charge in [-0.05, 0) is 37.0 Å². The van der Waals surface area contributed by atoms with Crippen molar-refractivity contribution in [2.75, 3.05) is 18.5 Å². The van der Waals surface area contributed by atoms with Gasteiger partial charge in [0.1, 0.15) is 0 Å². The van der Waals surface area contributed by atoms with E-state index in [2.05, 4.69) is 10.6 Å². The van der Waals surface area contributed by atoms with Crippen molar-refractivity contribution in [2.45, 2.75) is 20.3 Å². The molecule has 1 atom stereocenters. The molecular formula is C13H20N2O2. The average molecular weight is 236 g/mol. The summed E-state index contributed by atoms with van der Waals surface area (Å²) in [5, 5.41) is 14.3. The zero-order chi connectivity index (χ0) is 12.7. The molecule has 0 fully saturated rings. The summed E-state index contributed by atoms with van der Waals surface area (Å²) in [5.74, 6) is 0.281. The van der Waals surface area contributed by atoms with Crippen LogP contribution in [0, 0.1) is 12.8 Å². The summed E-state index contributed by atoms with van der Waals surface area (Å²) < 4.78 is 0. The van der Waals surface area contributed by atoms with Crippen LogP contribution in [0.5, 0.6) is 0 Å². The maximum absolute atomic E-state index is 11.5. The second-order valence-corrected chi connectivity index (χ2v) is 4.32. The van der Waals surface area contributed by atoms with E-state index in [-0.39, 0.29) is 18.6 Å². The smallest absolute Gasteiger partial charge is 0.319 e. The quantitative estimate of drug-likeness (QED) is 0.733. The first-order chi connectivity index (χ1) is 8.11. The van der Waals surface area contributed by atoms with E-state index in [1.54, 1.807) is 0 Å². The third-order valence-corrected chi connectivity index (χ3v) is 2.51. The zero-order valence-electron chi connectivity index (χ0n) is 10.4. The minimum atomic E-state index is -0.208. The summed E-state index contributed by atoms with van der Waals surface area (Å²) in [4.78, 5) is 11.5. The molecule has 0 radical (unpaired) electrons. The molecule has 2 amide bonds. The normalized spacial score (nSPS) is 11.9. The lowest BCUT2D eigenvalue weighted by Crippen LogP contribution is -2.32. The first kappa shape index (κ1) is 13.5. The fourth-order valence-electron chi connectivity index (χ4n) is 1.49. The molecule has 0 bridgehead atoms. The fourth-order valence-corrected chi connectivity index (χ4v) is 1.49. The Hall–Kier alpha value is -1.55. The van der Waals surface area contributed by atoms with E-state index in [4.69, 9.17) is 5.11 Å². The molecule has 94 valence electrons. The molecule has 0 aliphatic carbocycles. The Labute approximate surface area is 102 Å². The molecule has 1 unspecified atom stereocenters. The van der Waals surface area contributed by atoms with Crippen LogP contribution in [-0.2, 0) is 0 Å². The highest BCUT2D eigenvalue weighted by molar-refractivity contribution is 5.89. The van der Waals surface area contributed by atoms with Crippen LogP contribution < -0.4 is 10.6 Å². The second-order valence-electron chi connectivity index (χ2n) is 4.32. The average Bonchev–Trinajstić information content (AvgIpc) is 2.27. The lowest BCUT2D eigenvalue weighted by Gasteiger charge is -2.12. The van der Waals surface area contributed by atoms with Crippen LogP contribution >= 0.6 is 0 Å². The topological polar surface area (TPSA) is 61.4 Å². The van der Waals surface area contributed by atoms with E-state index in [1.807, 2.05) is 38.1 Å². The van der Waals surface area contributed by atoms with E-state index >= 15 is 0 Å². The number of hydrogen-bond donors (Lipinski definition) is 3. The number of anilines is 1. The van der Waals surface area contributed by atoms with E-state index in [0.29, 0.717) is 13.0 Å². The van der Waals surface area contributed by atoms with Crippen molar-refractivity contribution >= 4 is 11.7 Å². The highest BCUT2D eigenvalue weighted by Gasteiger charge is 2.05. The van der Waals surface area contributed by atoms with E-state index in [1.165, 1.54) is 0 Å². The third-order valence-electron chi connectivity index (χ3n) is 2.51. The van der Waals surface area contributed by atoms with E-state index in [9.17, 15) is 4.79 Å². The van der Waals surface area contributed by atoms with Crippen molar-refractivity contribution < 1.29 is 9.90 Å². The molecular weight excluding hydrogens is 216 g/mol. The van der Waals surface area contributed by atoms with Crippen molar-refractivity contribution in [3.8, 4) is 0 Å². The van der Waals surface area contributed by atoms with Crippen molar-refractivity contribution in [3.63, 3.8) is 0 Å². The lowest BCUT2D eigenvalue weighted by atomic mass is 10.1. The van der Waals surface area contributed by atoms with E-state index < -0.39 is 0 Å². The molecule has 0 spiro atoms. The SMILES string of the molecule is Cc1cccc(NC(=O)NCC(C)CCO)c1. The van der Waals surface area contributed by atoms with Gasteiger partial charge in [-0.15, -0.1) is 0 Å². The summed E-state index contributed by atoms with van der Waals surface area (Å²) in [5.41, 5.74) is 1.90. The summed E-state index contributed by atoms with van der Waals surface area (Å²) in [6.45, 7) is 4.69. The van der Waals surface area contributed by atoms with Crippen molar-refractivity contribution in [3.05, 3.63) is 29.8 Å². The van der Waals surface area contributed by atoms with Gasteiger partial charge in [0.05, 0.1) is 0 Å². The number of amides is 2. The number of hydrogen-bond acceptors (Lipinski definition) is 2. The molecule has 4 heteroatoms. The molecule has 1 aromatic carbocycles. The van der Waals surface area contributed by atoms with Crippen LogP contribution in [0.25, 0.3) is 0 Å². The van der Waals surface area contributed by atoms with Gasteiger partial charge in [-0.1, -0.05) is 19.1 Å².